The highest BCUT2D eigenvalue weighted by Crippen LogP contribution is 2.27. The highest BCUT2D eigenvalue weighted by atomic mass is 16.5. The van der Waals surface area contributed by atoms with Crippen LogP contribution < -0.4 is 4.74 Å². The van der Waals surface area contributed by atoms with Crippen molar-refractivity contribution in [3.8, 4) is 5.75 Å². The molecule has 1 rings (SSSR count). The highest BCUT2D eigenvalue weighted by molar-refractivity contribution is 5.22. The lowest BCUT2D eigenvalue weighted by Crippen LogP contribution is -2.29. The predicted octanol–water partition coefficient (Wildman–Crippen LogP) is 5.33. The summed E-state index contributed by atoms with van der Waals surface area (Å²) < 4.78 is 6.10. The van der Waals surface area contributed by atoms with Crippen molar-refractivity contribution < 1.29 is 4.74 Å². The van der Waals surface area contributed by atoms with Crippen LogP contribution in [0.2, 0.25) is 0 Å². The maximum Gasteiger partial charge on any atom is 0.120 e. The SMILES string of the molecule is C=C[C@H](Oc1ccccc1)[C@@H](CCC(C)C)C(C)C. The molecule has 1 aromatic carbocycles. The summed E-state index contributed by atoms with van der Waals surface area (Å²) in [5.74, 6) is 2.80. The zero-order valence-electron chi connectivity index (χ0n) is 12.8. The van der Waals surface area contributed by atoms with E-state index in [0.29, 0.717) is 11.8 Å². The van der Waals surface area contributed by atoms with Gasteiger partial charge in [-0.3, -0.25) is 0 Å². The lowest BCUT2D eigenvalue weighted by molar-refractivity contribution is 0.132. The zero-order chi connectivity index (χ0) is 14.3. The second kappa shape index (κ2) is 8.04. The molecular formula is C18H28O. The van der Waals surface area contributed by atoms with Gasteiger partial charge in [-0.2, -0.15) is 0 Å². The van der Waals surface area contributed by atoms with E-state index in [-0.39, 0.29) is 6.10 Å². The van der Waals surface area contributed by atoms with E-state index in [1.54, 1.807) is 0 Å². The Morgan fingerprint density at radius 2 is 1.68 bits per heavy atom. The van der Waals surface area contributed by atoms with E-state index in [9.17, 15) is 0 Å². The molecule has 1 heteroatoms. The summed E-state index contributed by atoms with van der Waals surface area (Å²) >= 11 is 0. The Bertz CT molecular complexity index is 353. The van der Waals surface area contributed by atoms with Crippen LogP contribution in [0.25, 0.3) is 0 Å². The molecule has 2 atom stereocenters. The second-order valence-electron chi connectivity index (χ2n) is 6.01. The Morgan fingerprint density at radius 1 is 1.05 bits per heavy atom. The minimum Gasteiger partial charge on any atom is -0.486 e. The maximum atomic E-state index is 6.10. The fourth-order valence-corrected chi connectivity index (χ4v) is 2.37. The van der Waals surface area contributed by atoms with E-state index < -0.39 is 0 Å². The van der Waals surface area contributed by atoms with E-state index >= 15 is 0 Å². The average Bonchev–Trinajstić information content (AvgIpc) is 2.38. The van der Waals surface area contributed by atoms with Crippen LogP contribution in [-0.4, -0.2) is 6.10 Å². The molecule has 19 heavy (non-hydrogen) atoms. The molecule has 0 aliphatic carbocycles. The minimum atomic E-state index is 0.0983. The molecule has 0 fully saturated rings. The van der Waals surface area contributed by atoms with Crippen molar-refractivity contribution in [1.82, 2.24) is 0 Å². The first-order valence-electron chi connectivity index (χ1n) is 7.38. The second-order valence-corrected chi connectivity index (χ2v) is 6.01. The smallest absolute Gasteiger partial charge is 0.120 e. The van der Waals surface area contributed by atoms with Gasteiger partial charge < -0.3 is 4.74 Å². The largest absolute Gasteiger partial charge is 0.486 e. The van der Waals surface area contributed by atoms with Gasteiger partial charge in [-0.05, 0) is 30.4 Å². The normalized spacial score (nSPS) is 14.4. The predicted molar refractivity (Wildman–Crippen MR) is 83.5 cm³/mol. The van der Waals surface area contributed by atoms with Gasteiger partial charge in [0.25, 0.3) is 0 Å². The summed E-state index contributed by atoms with van der Waals surface area (Å²) in [6.07, 6.45) is 4.49. The molecule has 0 bridgehead atoms. The van der Waals surface area contributed by atoms with Gasteiger partial charge in [-0.25, -0.2) is 0 Å². The Labute approximate surface area is 118 Å². The van der Waals surface area contributed by atoms with E-state index in [1.165, 1.54) is 12.8 Å². The molecule has 0 saturated heterocycles. The summed E-state index contributed by atoms with van der Waals surface area (Å²) in [5, 5.41) is 0. The number of benzene rings is 1. The fourth-order valence-electron chi connectivity index (χ4n) is 2.37. The molecule has 1 nitrogen and oxygen atoms in total. The molecule has 0 spiro atoms. The van der Waals surface area contributed by atoms with Gasteiger partial charge in [0.1, 0.15) is 11.9 Å². The quantitative estimate of drug-likeness (QED) is 0.574. The van der Waals surface area contributed by atoms with Gasteiger partial charge in [0.05, 0.1) is 0 Å². The minimum absolute atomic E-state index is 0.0983. The molecule has 0 radical (unpaired) electrons. The van der Waals surface area contributed by atoms with Gasteiger partial charge in [-0.1, -0.05) is 65.0 Å². The van der Waals surface area contributed by atoms with Crippen LogP contribution in [0.5, 0.6) is 5.75 Å². The third-order valence-corrected chi connectivity index (χ3v) is 3.60. The Morgan fingerprint density at radius 3 is 2.16 bits per heavy atom. The van der Waals surface area contributed by atoms with Gasteiger partial charge >= 0.3 is 0 Å². The van der Waals surface area contributed by atoms with Crippen molar-refractivity contribution in [2.75, 3.05) is 0 Å². The van der Waals surface area contributed by atoms with Crippen LogP contribution in [0.15, 0.2) is 43.0 Å². The van der Waals surface area contributed by atoms with Gasteiger partial charge in [-0.15, -0.1) is 0 Å². The molecule has 0 unspecified atom stereocenters. The van der Waals surface area contributed by atoms with Crippen molar-refractivity contribution in [2.45, 2.75) is 46.6 Å². The molecule has 0 N–H and O–H groups in total. The molecule has 0 aliphatic rings. The molecule has 0 aliphatic heterocycles. The van der Waals surface area contributed by atoms with Crippen LogP contribution in [0.3, 0.4) is 0 Å². The topological polar surface area (TPSA) is 9.23 Å². The number of hydrogen-bond donors (Lipinski definition) is 0. The average molecular weight is 260 g/mol. The molecule has 0 aromatic heterocycles. The van der Waals surface area contributed by atoms with Crippen molar-refractivity contribution in [1.29, 1.82) is 0 Å². The summed E-state index contributed by atoms with van der Waals surface area (Å²) in [4.78, 5) is 0. The summed E-state index contributed by atoms with van der Waals surface area (Å²) in [5.41, 5.74) is 0. The van der Waals surface area contributed by atoms with Crippen molar-refractivity contribution in [3.63, 3.8) is 0 Å². The first-order valence-corrected chi connectivity index (χ1v) is 7.38. The Hall–Kier alpha value is -1.24. The third kappa shape index (κ3) is 5.50. The van der Waals surface area contributed by atoms with Crippen LogP contribution in [0.1, 0.15) is 40.5 Å². The summed E-state index contributed by atoms with van der Waals surface area (Å²) in [7, 11) is 0. The van der Waals surface area contributed by atoms with Crippen molar-refractivity contribution >= 4 is 0 Å². The lowest BCUT2D eigenvalue weighted by Gasteiger charge is -2.29. The molecule has 106 valence electrons. The molecule has 0 heterocycles. The fraction of sp³-hybridized carbons (Fsp3) is 0.556. The molecule has 1 aromatic rings. The third-order valence-electron chi connectivity index (χ3n) is 3.60. The van der Waals surface area contributed by atoms with Crippen LogP contribution >= 0.6 is 0 Å². The summed E-state index contributed by atoms with van der Waals surface area (Å²) in [6, 6.07) is 10.0. The van der Waals surface area contributed by atoms with Gasteiger partial charge in [0, 0.05) is 5.92 Å². The number of para-hydroxylation sites is 1. The van der Waals surface area contributed by atoms with E-state index in [1.807, 2.05) is 36.4 Å². The van der Waals surface area contributed by atoms with Gasteiger partial charge in [0.15, 0.2) is 0 Å². The maximum absolute atomic E-state index is 6.10. The Kier molecular flexibility index (Phi) is 6.69. The summed E-state index contributed by atoms with van der Waals surface area (Å²) in [6.45, 7) is 13.1. The standard InChI is InChI=1S/C18H28O/c1-6-18(19-16-10-8-7-9-11-16)17(15(4)5)13-12-14(2)3/h6-11,14-15,17-18H,1,12-13H2,2-5H3/t17-,18-/m0/s1. The highest BCUT2D eigenvalue weighted by Gasteiger charge is 2.23. The van der Waals surface area contributed by atoms with Crippen LogP contribution in [-0.2, 0) is 0 Å². The first kappa shape index (κ1) is 15.8. The first-order chi connectivity index (χ1) is 9.04. The lowest BCUT2D eigenvalue weighted by atomic mass is 9.84. The molecular weight excluding hydrogens is 232 g/mol. The van der Waals surface area contributed by atoms with Crippen LogP contribution in [0.4, 0.5) is 0 Å². The number of ether oxygens (including phenoxy) is 1. The van der Waals surface area contributed by atoms with Crippen molar-refractivity contribution in [3.05, 3.63) is 43.0 Å². The number of rotatable bonds is 8. The van der Waals surface area contributed by atoms with E-state index in [4.69, 9.17) is 4.74 Å². The van der Waals surface area contributed by atoms with Gasteiger partial charge in [0.2, 0.25) is 0 Å². The number of hydrogen-bond acceptors (Lipinski definition) is 1. The molecule has 0 amide bonds. The van der Waals surface area contributed by atoms with Crippen molar-refractivity contribution in [2.24, 2.45) is 17.8 Å². The zero-order valence-corrected chi connectivity index (χ0v) is 12.8. The monoisotopic (exact) mass is 260 g/mol. The van der Waals surface area contributed by atoms with Crippen LogP contribution in [0, 0.1) is 17.8 Å². The molecule has 0 saturated carbocycles. The van der Waals surface area contributed by atoms with E-state index in [0.717, 1.165) is 11.7 Å². The van der Waals surface area contributed by atoms with E-state index in [2.05, 4.69) is 34.3 Å². The Balaban J connectivity index is 2.70.